The van der Waals surface area contributed by atoms with Crippen LogP contribution in [0.4, 0.5) is 23.1 Å². The van der Waals surface area contributed by atoms with Crippen molar-refractivity contribution in [1.29, 1.82) is 5.26 Å². The molecule has 0 radical (unpaired) electrons. The van der Waals surface area contributed by atoms with E-state index < -0.39 is 0 Å². The minimum Gasteiger partial charge on any atom is -0.491 e. The van der Waals surface area contributed by atoms with Gasteiger partial charge in [-0.2, -0.15) is 10.2 Å². The molecule has 1 aliphatic rings. The van der Waals surface area contributed by atoms with Crippen LogP contribution in [-0.2, 0) is 11.3 Å². The molecule has 0 saturated heterocycles. The van der Waals surface area contributed by atoms with Crippen LogP contribution >= 0.6 is 22.6 Å². The summed E-state index contributed by atoms with van der Waals surface area (Å²) in [6.07, 6.45) is 2.62. The largest absolute Gasteiger partial charge is 0.491 e. The number of nitrogens with zero attached hydrogens (tertiary/aromatic N) is 4. The van der Waals surface area contributed by atoms with Crippen LogP contribution in [0.3, 0.4) is 0 Å². The van der Waals surface area contributed by atoms with Crippen molar-refractivity contribution in [3.8, 4) is 11.8 Å². The van der Waals surface area contributed by atoms with Gasteiger partial charge in [-0.3, -0.25) is 9.69 Å². The predicted molar refractivity (Wildman–Crippen MR) is 148 cm³/mol. The van der Waals surface area contributed by atoms with Gasteiger partial charge in [-0.15, -0.1) is 0 Å². The Morgan fingerprint density at radius 3 is 2.94 bits per heavy atom. The fraction of sp³-hybridized carbons (Fsp3) is 0.308. The van der Waals surface area contributed by atoms with Crippen molar-refractivity contribution >= 4 is 51.6 Å². The number of hydrogen-bond acceptors (Lipinski definition) is 8. The monoisotopic (exact) mass is 597 g/mol. The summed E-state index contributed by atoms with van der Waals surface area (Å²) in [7, 11) is 0. The van der Waals surface area contributed by atoms with Crippen LogP contribution in [0.5, 0.6) is 5.75 Å². The number of anilines is 4. The van der Waals surface area contributed by atoms with Gasteiger partial charge in [0.15, 0.2) is 5.82 Å². The number of carbonyl (C=O) groups excluding carboxylic acids is 1. The van der Waals surface area contributed by atoms with Crippen molar-refractivity contribution in [3.05, 3.63) is 63.4 Å². The van der Waals surface area contributed by atoms with E-state index >= 15 is 0 Å². The quantitative estimate of drug-likeness (QED) is 0.350. The molecule has 1 aliphatic heterocycles. The first kappa shape index (κ1) is 25.7. The lowest BCUT2D eigenvalue weighted by molar-refractivity contribution is -0.121. The third-order valence-corrected chi connectivity index (χ3v) is 6.37. The number of carbonyl (C=O) groups is 1. The molecule has 2 aromatic carbocycles. The molecule has 10 heteroatoms. The van der Waals surface area contributed by atoms with E-state index in [1.165, 1.54) is 6.20 Å². The maximum absolute atomic E-state index is 12.3. The maximum Gasteiger partial charge on any atom is 0.229 e. The number of ether oxygens (including phenoxy) is 1. The van der Waals surface area contributed by atoms with E-state index in [4.69, 9.17) is 4.74 Å². The summed E-state index contributed by atoms with van der Waals surface area (Å²) in [5.41, 5.74) is 2.98. The Morgan fingerprint density at radius 1 is 1.22 bits per heavy atom. The smallest absolute Gasteiger partial charge is 0.229 e. The van der Waals surface area contributed by atoms with E-state index in [0.29, 0.717) is 62.2 Å². The van der Waals surface area contributed by atoms with Crippen molar-refractivity contribution in [2.75, 3.05) is 36.9 Å². The molecular weight excluding hydrogens is 569 g/mol. The number of benzene rings is 2. The second kappa shape index (κ2) is 12.5. The topological polar surface area (TPSA) is 115 Å². The molecule has 1 amide bonds. The Morgan fingerprint density at radius 2 is 2.11 bits per heavy atom. The molecule has 4 bridgehead atoms. The molecule has 4 rings (SSSR count). The normalized spacial score (nSPS) is 15.2. The van der Waals surface area contributed by atoms with Gasteiger partial charge in [0.25, 0.3) is 0 Å². The number of fused-ring (bicyclic) bond motifs is 5. The van der Waals surface area contributed by atoms with Gasteiger partial charge in [-0.25, -0.2) is 4.98 Å². The van der Waals surface area contributed by atoms with Gasteiger partial charge in [-0.1, -0.05) is 19.1 Å². The molecule has 9 nitrogen and oxygen atoms in total. The molecule has 0 aliphatic carbocycles. The summed E-state index contributed by atoms with van der Waals surface area (Å²) in [5, 5.41) is 19.1. The number of amides is 1. The Balaban J connectivity index is 1.66. The summed E-state index contributed by atoms with van der Waals surface area (Å²) in [6, 6.07) is 15.9. The summed E-state index contributed by atoms with van der Waals surface area (Å²) < 4.78 is 7.01. The number of nitrogens with one attached hydrogen (secondary N) is 3. The molecule has 0 fully saturated rings. The highest BCUT2D eigenvalue weighted by molar-refractivity contribution is 14.1. The van der Waals surface area contributed by atoms with Gasteiger partial charge in [0, 0.05) is 35.3 Å². The molecule has 3 N–H and O–H groups in total. The summed E-state index contributed by atoms with van der Waals surface area (Å²) >= 11 is 2.23. The predicted octanol–water partition coefficient (Wildman–Crippen LogP) is 4.55. The first-order chi connectivity index (χ1) is 17.5. The zero-order chi connectivity index (χ0) is 25.3. The van der Waals surface area contributed by atoms with Gasteiger partial charge in [-0.05, 0) is 71.5 Å². The first-order valence-electron chi connectivity index (χ1n) is 11.9. The standard InChI is InChI=1S/C26H28IN7O2/c1-2-34-11-9-24(35)29-10-4-12-36-23-8-7-20(27)14-22(23)32-26-30-16-19(15-28)25(33-26)31-21-6-3-5-18(13-21)17-34/h3,5-8,13-14,16H,2,4,9-12,17H2,1H3,(H,29,35)(H2,30,31,32,33). The maximum atomic E-state index is 12.3. The average molecular weight is 597 g/mol. The highest BCUT2D eigenvalue weighted by atomic mass is 127. The lowest BCUT2D eigenvalue weighted by atomic mass is 10.1. The molecule has 0 spiro atoms. The fourth-order valence-corrected chi connectivity index (χ4v) is 4.28. The molecule has 1 aromatic heterocycles. The van der Waals surface area contributed by atoms with E-state index in [0.717, 1.165) is 27.1 Å². The lowest BCUT2D eigenvalue weighted by Crippen LogP contribution is -2.31. The van der Waals surface area contributed by atoms with Crippen LogP contribution in [0, 0.1) is 14.9 Å². The highest BCUT2D eigenvalue weighted by Gasteiger charge is 2.13. The molecular formula is C26H28IN7O2. The summed E-state index contributed by atoms with van der Waals surface area (Å²) in [6.45, 7) is 5.30. The molecule has 0 unspecified atom stereocenters. The number of hydrogen-bond donors (Lipinski definition) is 3. The van der Waals surface area contributed by atoms with Crippen molar-refractivity contribution in [3.63, 3.8) is 0 Å². The number of halogens is 1. The molecule has 186 valence electrons. The summed E-state index contributed by atoms with van der Waals surface area (Å²) in [4.78, 5) is 23.5. The molecule has 0 atom stereocenters. The van der Waals surface area contributed by atoms with E-state index in [2.05, 4.69) is 72.5 Å². The number of nitriles is 1. The van der Waals surface area contributed by atoms with Crippen LogP contribution in [0.25, 0.3) is 0 Å². The zero-order valence-corrected chi connectivity index (χ0v) is 22.2. The van der Waals surface area contributed by atoms with Crippen LogP contribution < -0.4 is 20.7 Å². The molecule has 36 heavy (non-hydrogen) atoms. The fourth-order valence-electron chi connectivity index (χ4n) is 3.79. The van der Waals surface area contributed by atoms with Crippen molar-refractivity contribution in [2.24, 2.45) is 0 Å². The van der Waals surface area contributed by atoms with Gasteiger partial charge >= 0.3 is 0 Å². The van der Waals surface area contributed by atoms with Gasteiger partial charge in [0.05, 0.1) is 18.5 Å². The van der Waals surface area contributed by atoms with Crippen molar-refractivity contribution < 1.29 is 9.53 Å². The zero-order valence-electron chi connectivity index (χ0n) is 20.1. The average Bonchev–Trinajstić information content (AvgIpc) is 2.87. The van der Waals surface area contributed by atoms with E-state index in [-0.39, 0.29) is 5.91 Å². The third kappa shape index (κ3) is 7.05. The number of rotatable bonds is 1. The highest BCUT2D eigenvalue weighted by Crippen LogP contribution is 2.30. The lowest BCUT2D eigenvalue weighted by Gasteiger charge is -2.21. The molecule has 2 heterocycles. The van der Waals surface area contributed by atoms with Gasteiger partial charge < -0.3 is 20.7 Å². The SMILES string of the molecule is CCN1CCC(=O)NCCCOc2ccc(I)cc2Nc2ncc(C#N)c(n2)Nc2cccc(c2)C1. The second-order valence-corrected chi connectivity index (χ2v) is 9.57. The summed E-state index contributed by atoms with van der Waals surface area (Å²) in [5.74, 6) is 1.46. The van der Waals surface area contributed by atoms with E-state index in [1.807, 2.05) is 36.4 Å². The molecule has 0 saturated carbocycles. The first-order valence-corrected chi connectivity index (χ1v) is 12.9. The second-order valence-electron chi connectivity index (χ2n) is 8.33. The Hall–Kier alpha value is -3.43. The van der Waals surface area contributed by atoms with Crippen molar-refractivity contribution in [2.45, 2.75) is 26.3 Å². The van der Waals surface area contributed by atoms with Crippen LogP contribution in [0.2, 0.25) is 0 Å². The third-order valence-electron chi connectivity index (χ3n) is 5.70. The Kier molecular flexibility index (Phi) is 8.91. The van der Waals surface area contributed by atoms with Crippen LogP contribution in [0.15, 0.2) is 48.7 Å². The van der Waals surface area contributed by atoms with Crippen molar-refractivity contribution in [1.82, 2.24) is 20.2 Å². The molecule has 3 aromatic rings. The van der Waals surface area contributed by atoms with E-state index in [9.17, 15) is 10.1 Å². The van der Waals surface area contributed by atoms with E-state index in [1.54, 1.807) is 0 Å². The minimum atomic E-state index is 0.0366. The number of aromatic nitrogens is 2. The van der Waals surface area contributed by atoms with Gasteiger partial charge in [0.1, 0.15) is 17.4 Å². The van der Waals surface area contributed by atoms with Crippen LogP contribution in [0.1, 0.15) is 30.9 Å². The Labute approximate surface area is 224 Å². The van der Waals surface area contributed by atoms with Gasteiger partial charge in [0.2, 0.25) is 11.9 Å². The minimum absolute atomic E-state index is 0.0366. The Bertz CT molecular complexity index is 1260. The van der Waals surface area contributed by atoms with Crippen LogP contribution in [-0.4, -0.2) is 47.0 Å².